The van der Waals surface area contributed by atoms with E-state index in [0.29, 0.717) is 12.8 Å². The van der Waals surface area contributed by atoms with Gasteiger partial charge in [-0.15, -0.1) is 0 Å². The molecule has 0 aromatic heterocycles. The van der Waals surface area contributed by atoms with Crippen molar-refractivity contribution in [3.63, 3.8) is 0 Å². The minimum Gasteiger partial charge on any atom is -0.341 e. The predicted molar refractivity (Wildman–Crippen MR) is 118 cm³/mol. The van der Waals surface area contributed by atoms with E-state index in [-0.39, 0.29) is 22.5 Å². The summed E-state index contributed by atoms with van der Waals surface area (Å²) in [4.78, 5) is 36.3. The van der Waals surface area contributed by atoms with Crippen molar-refractivity contribution in [2.45, 2.75) is 49.6 Å². The third kappa shape index (κ3) is 5.14. The first-order valence-electron chi connectivity index (χ1n) is 10.4. The first-order valence-corrected chi connectivity index (χ1v) is 11.9. The van der Waals surface area contributed by atoms with Crippen LogP contribution in [0.15, 0.2) is 47.4 Å². The van der Waals surface area contributed by atoms with Gasteiger partial charge >= 0.3 is 11.8 Å². The number of sulfonamides is 1. The van der Waals surface area contributed by atoms with Crippen LogP contribution in [-0.4, -0.2) is 32.2 Å². The van der Waals surface area contributed by atoms with Gasteiger partial charge in [-0.3, -0.25) is 14.4 Å². The molecule has 1 atom stereocenters. The summed E-state index contributed by atoms with van der Waals surface area (Å²) >= 11 is 0. The highest BCUT2D eigenvalue weighted by atomic mass is 32.2. The van der Waals surface area contributed by atoms with Gasteiger partial charge in [-0.25, -0.2) is 13.1 Å². The fourth-order valence-electron chi connectivity index (χ4n) is 3.44. The minimum absolute atomic E-state index is 0.0246. The Kier molecular flexibility index (Phi) is 5.98. The average Bonchev–Trinajstić information content (AvgIpc) is 3.56. The lowest BCUT2D eigenvalue weighted by atomic mass is 9.98. The second-order valence-corrected chi connectivity index (χ2v) is 9.75. The standard InChI is InChI=1S/C22H24N4O5S/c1-13(14-5-9-19-15(11-14)6-10-20(27)25-19)23-21(28)22(29)24-17-3-2-4-18(12-17)32(30,31)26-16-7-8-16/h2-5,9,11-13,16,26H,6-8,10H2,1H3,(H,23,28)(H,24,29)(H,25,27). The van der Waals surface area contributed by atoms with Crippen LogP contribution in [0.5, 0.6) is 0 Å². The monoisotopic (exact) mass is 456 g/mol. The summed E-state index contributed by atoms with van der Waals surface area (Å²) in [6, 6.07) is 10.8. The lowest BCUT2D eigenvalue weighted by molar-refractivity contribution is -0.136. The molecule has 0 saturated heterocycles. The summed E-state index contributed by atoms with van der Waals surface area (Å²) in [5, 5.41) is 7.89. The molecule has 2 aromatic rings. The van der Waals surface area contributed by atoms with Gasteiger partial charge in [-0.05, 0) is 61.6 Å². The molecule has 2 aliphatic rings. The number of hydrogen-bond donors (Lipinski definition) is 4. The fourth-order valence-corrected chi connectivity index (χ4v) is 4.79. The number of hydrogen-bond acceptors (Lipinski definition) is 5. The van der Waals surface area contributed by atoms with Crippen molar-refractivity contribution >= 4 is 39.1 Å². The molecule has 1 heterocycles. The highest BCUT2D eigenvalue weighted by Crippen LogP contribution is 2.26. The molecule has 9 nitrogen and oxygen atoms in total. The Morgan fingerprint density at radius 2 is 1.84 bits per heavy atom. The van der Waals surface area contributed by atoms with Crippen molar-refractivity contribution in [1.82, 2.24) is 10.0 Å². The molecule has 2 aromatic carbocycles. The molecule has 4 rings (SSSR count). The average molecular weight is 457 g/mol. The smallest absolute Gasteiger partial charge is 0.313 e. The maximum atomic E-state index is 12.4. The Morgan fingerprint density at radius 1 is 1.06 bits per heavy atom. The van der Waals surface area contributed by atoms with E-state index in [1.165, 1.54) is 24.3 Å². The van der Waals surface area contributed by atoms with E-state index in [1.807, 2.05) is 6.07 Å². The van der Waals surface area contributed by atoms with Crippen LogP contribution < -0.4 is 20.7 Å². The van der Waals surface area contributed by atoms with Crippen LogP contribution in [0.3, 0.4) is 0 Å². The first-order chi connectivity index (χ1) is 15.2. The number of nitrogens with one attached hydrogen (secondary N) is 4. The quantitative estimate of drug-likeness (QED) is 0.492. The predicted octanol–water partition coefficient (Wildman–Crippen LogP) is 1.83. The second-order valence-electron chi connectivity index (χ2n) is 8.04. The van der Waals surface area contributed by atoms with Gasteiger partial charge in [-0.1, -0.05) is 18.2 Å². The lowest BCUT2D eigenvalue weighted by Crippen LogP contribution is -2.37. The van der Waals surface area contributed by atoms with Crippen LogP contribution in [0.25, 0.3) is 0 Å². The molecule has 32 heavy (non-hydrogen) atoms. The molecular formula is C22H24N4O5S. The molecule has 1 aliphatic heterocycles. The number of benzene rings is 2. The lowest BCUT2D eigenvalue weighted by Gasteiger charge is -2.20. The van der Waals surface area contributed by atoms with Crippen LogP contribution >= 0.6 is 0 Å². The zero-order valence-electron chi connectivity index (χ0n) is 17.5. The Bertz CT molecular complexity index is 1190. The van der Waals surface area contributed by atoms with Gasteiger partial charge in [0, 0.05) is 23.8 Å². The van der Waals surface area contributed by atoms with Gasteiger partial charge in [0.2, 0.25) is 15.9 Å². The van der Waals surface area contributed by atoms with E-state index in [0.717, 1.165) is 29.7 Å². The van der Waals surface area contributed by atoms with Gasteiger partial charge in [0.05, 0.1) is 10.9 Å². The molecule has 4 N–H and O–H groups in total. The maximum absolute atomic E-state index is 12.4. The number of fused-ring (bicyclic) bond motifs is 1. The summed E-state index contributed by atoms with van der Waals surface area (Å²) in [5.74, 6) is -1.76. The first kappa shape index (κ1) is 22.0. The van der Waals surface area contributed by atoms with Gasteiger partial charge in [0.15, 0.2) is 0 Å². The van der Waals surface area contributed by atoms with Crippen LogP contribution in [0, 0.1) is 0 Å². The number of amides is 3. The molecule has 0 bridgehead atoms. The van der Waals surface area contributed by atoms with Gasteiger partial charge in [0.25, 0.3) is 0 Å². The van der Waals surface area contributed by atoms with Crippen LogP contribution in [0.2, 0.25) is 0 Å². The van der Waals surface area contributed by atoms with E-state index in [9.17, 15) is 22.8 Å². The zero-order valence-corrected chi connectivity index (χ0v) is 18.3. The van der Waals surface area contributed by atoms with E-state index in [2.05, 4.69) is 20.7 Å². The molecule has 1 saturated carbocycles. The third-order valence-electron chi connectivity index (χ3n) is 5.38. The van der Waals surface area contributed by atoms with E-state index >= 15 is 0 Å². The fraction of sp³-hybridized carbons (Fsp3) is 0.318. The molecule has 168 valence electrons. The molecule has 10 heteroatoms. The summed E-state index contributed by atoms with van der Waals surface area (Å²) < 4.78 is 27.3. The van der Waals surface area contributed by atoms with Gasteiger partial charge in [-0.2, -0.15) is 0 Å². The Hall–Kier alpha value is -3.24. The Morgan fingerprint density at radius 3 is 2.59 bits per heavy atom. The van der Waals surface area contributed by atoms with Crippen LogP contribution in [0.4, 0.5) is 11.4 Å². The molecule has 1 unspecified atom stereocenters. The van der Waals surface area contributed by atoms with Crippen molar-refractivity contribution in [2.24, 2.45) is 0 Å². The molecule has 1 aliphatic carbocycles. The summed E-state index contributed by atoms with van der Waals surface area (Å²) in [5.41, 5.74) is 2.75. The van der Waals surface area contributed by atoms with Crippen LogP contribution in [0.1, 0.15) is 43.4 Å². The van der Waals surface area contributed by atoms with Crippen molar-refractivity contribution in [1.29, 1.82) is 0 Å². The summed E-state index contributed by atoms with van der Waals surface area (Å²) in [6.45, 7) is 1.76. The largest absolute Gasteiger partial charge is 0.341 e. The maximum Gasteiger partial charge on any atom is 0.313 e. The zero-order chi connectivity index (χ0) is 22.9. The van der Waals surface area contributed by atoms with Crippen molar-refractivity contribution in [3.8, 4) is 0 Å². The number of carbonyl (C=O) groups excluding carboxylic acids is 3. The third-order valence-corrected chi connectivity index (χ3v) is 6.90. The second kappa shape index (κ2) is 8.71. The number of carbonyl (C=O) groups is 3. The highest BCUT2D eigenvalue weighted by molar-refractivity contribution is 7.89. The normalized spacial score (nSPS) is 16.5. The van der Waals surface area contributed by atoms with Crippen molar-refractivity contribution in [3.05, 3.63) is 53.6 Å². The molecular weight excluding hydrogens is 432 g/mol. The molecule has 3 amide bonds. The number of aryl methyl sites for hydroxylation is 1. The summed E-state index contributed by atoms with van der Waals surface area (Å²) in [6.07, 6.45) is 2.65. The molecule has 0 spiro atoms. The SMILES string of the molecule is CC(NC(=O)C(=O)Nc1cccc(S(=O)(=O)NC2CC2)c1)c1ccc2c(c1)CCC(=O)N2. The summed E-state index contributed by atoms with van der Waals surface area (Å²) in [7, 11) is -3.67. The van der Waals surface area contributed by atoms with E-state index in [1.54, 1.807) is 19.1 Å². The Labute approximate surface area is 186 Å². The van der Waals surface area contributed by atoms with Crippen molar-refractivity contribution < 1.29 is 22.8 Å². The minimum atomic E-state index is -3.67. The van der Waals surface area contributed by atoms with E-state index in [4.69, 9.17) is 0 Å². The van der Waals surface area contributed by atoms with Crippen LogP contribution in [-0.2, 0) is 30.8 Å². The van der Waals surface area contributed by atoms with Crippen molar-refractivity contribution in [2.75, 3.05) is 10.6 Å². The number of rotatable bonds is 6. The molecule has 1 fully saturated rings. The van der Waals surface area contributed by atoms with Gasteiger partial charge in [0.1, 0.15) is 0 Å². The number of anilines is 2. The topological polar surface area (TPSA) is 133 Å². The Balaban J connectivity index is 1.38. The highest BCUT2D eigenvalue weighted by Gasteiger charge is 2.28. The molecule has 0 radical (unpaired) electrons. The van der Waals surface area contributed by atoms with E-state index < -0.39 is 27.9 Å². The van der Waals surface area contributed by atoms with Gasteiger partial charge < -0.3 is 16.0 Å².